The smallest absolute Gasteiger partial charge is 0.0238 e. The molecule has 1 aliphatic rings. The fourth-order valence-electron chi connectivity index (χ4n) is 6.58. The highest BCUT2D eigenvalue weighted by molar-refractivity contribution is 5.13. The first-order valence-corrected chi connectivity index (χ1v) is 12.2. The molecule has 6 atom stereocenters. The second-order valence-electron chi connectivity index (χ2n) is 14.2. The monoisotopic (exact) mass is 392 g/mol. The maximum Gasteiger partial charge on any atom is -0.0238 e. The molecule has 28 heavy (non-hydrogen) atoms. The van der Waals surface area contributed by atoms with Crippen molar-refractivity contribution in [3.8, 4) is 0 Å². The van der Waals surface area contributed by atoms with Crippen molar-refractivity contribution < 1.29 is 0 Å². The highest BCUT2D eigenvalue weighted by Crippen LogP contribution is 2.72. The SMILES string of the molecule is CC(C)C(C)C(C)(C)C(C)C1CC1(C)C(C)(C)C(C)C(C)(C)C(C)C(C)(C)C. The highest BCUT2D eigenvalue weighted by Gasteiger charge is 2.65. The number of hydrogen-bond donors (Lipinski definition) is 0. The fraction of sp³-hybridized carbons (Fsp3) is 1.00. The Hall–Kier alpha value is 0. The van der Waals surface area contributed by atoms with E-state index in [2.05, 4.69) is 111 Å². The molecule has 0 heterocycles. The molecular weight excluding hydrogens is 336 g/mol. The minimum absolute atomic E-state index is 0.321. The van der Waals surface area contributed by atoms with Crippen molar-refractivity contribution in [2.24, 2.45) is 62.6 Å². The van der Waals surface area contributed by atoms with E-state index in [0.29, 0.717) is 38.9 Å². The Morgan fingerprint density at radius 3 is 1.46 bits per heavy atom. The van der Waals surface area contributed by atoms with Crippen molar-refractivity contribution in [3.63, 3.8) is 0 Å². The second kappa shape index (κ2) is 7.60. The van der Waals surface area contributed by atoms with Crippen LogP contribution in [0.4, 0.5) is 0 Å². The van der Waals surface area contributed by atoms with E-state index in [0.717, 1.165) is 23.7 Å². The molecule has 0 spiro atoms. The third kappa shape index (κ3) is 4.23. The fourth-order valence-corrected chi connectivity index (χ4v) is 6.58. The van der Waals surface area contributed by atoms with Gasteiger partial charge in [0.1, 0.15) is 0 Å². The van der Waals surface area contributed by atoms with Gasteiger partial charge < -0.3 is 0 Å². The predicted octanol–water partition coefficient (Wildman–Crippen LogP) is 9.34. The first-order chi connectivity index (χ1) is 12.2. The molecule has 0 nitrogen and oxygen atoms in total. The molecular formula is C28H56. The molecule has 0 radical (unpaired) electrons. The largest absolute Gasteiger partial charge is 0.0625 e. The van der Waals surface area contributed by atoms with Crippen LogP contribution in [0.15, 0.2) is 0 Å². The van der Waals surface area contributed by atoms with E-state index < -0.39 is 0 Å². The molecule has 0 heteroatoms. The Bertz CT molecular complexity index is 527. The molecule has 1 aliphatic carbocycles. The maximum atomic E-state index is 2.61. The molecule has 1 saturated carbocycles. The van der Waals surface area contributed by atoms with Crippen LogP contribution in [0.3, 0.4) is 0 Å². The third-order valence-corrected chi connectivity index (χ3v) is 11.3. The van der Waals surface area contributed by atoms with E-state index in [9.17, 15) is 0 Å². The van der Waals surface area contributed by atoms with Gasteiger partial charge in [0.2, 0.25) is 0 Å². The summed E-state index contributed by atoms with van der Waals surface area (Å²) in [5.41, 5.74) is 1.85. The molecule has 0 aromatic heterocycles. The molecule has 0 N–H and O–H groups in total. The molecule has 0 saturated heterocycles. The van der Waals surface area contributed by atoms with Crippen LogP contribution >= 0.6 is 0 Å². The van der Waals surface area contributed by atoms with E-state index in [1.165, 1.54) is 6.42 Å². The summed E-state index contributed by atoms with van der Waals surface area (Å²) in [6, 6.07) is 0. The van der Waals surface area contributed by atoms with E-state index in [1.54, 1.807) is 0 Å². The standard InChI is InChI=1S/C28H56/c1-18(2)19(3)25(10,11)20(4)23-17-28(23,16)27(14,15)22(6)26(12,13)21(5)24(7,8)9/h18-23H,17H2,1-16H3. The predicted molar refractivity (Wildman–Crippen MR) is 129 cm³/mol. The Balaban J connectivity index is 3.13. The van der Waals surface area contributed by atoms with Gasteiger partial charge in [-0.2, -0.15) is 0 Å². The van der Waals surface area contributed by atoms with Gasteiger partial charge in [-0.25, -0.2) is 0 Å². The van der Waals surface area contributed by atoms with Gasteiger partial charge in [-0.15, -0.1) is 0 Å². The summed E-state index contributed by atoms with van der Waals surface area (Å²) in [7, 11) is 0. The van der Waals surface area contributed by atoms with Gasteiger partial charge in [0.05, 0.1) is 0 Å². The number of hydrogen-bond acceptors (Lipinski definition) is 0. The first kappa shape index (κ1) is 26.0. The Morgan fingerprint density at radius 1 is 0.679 bits per heavy atom. The quantitative estimate of drug-likeness (QED) is 0.386. The lowest BCUT2D eigenvalue weighted by Crippen LogP contribution is -2.46. The zero-order valence-corrected chi connectivity index (χ0v) is 22.7. The zero-order chi connectivity index (χ0) is 22.7. The van der Waals surface area contributed by atoms with E-state index in [-0.39, 0.29) is 0 Å². The van der Waals surface area contributed by atoms with Gasteiger partial charge >= 0.3 is 0 Å². The third-order valence-electron chi connectivity index (χ3n) is 11.3. The first-order valence-electron chi connectivity index (χ1n) is 12.2. The minimum atomic E-state index is 0.321. The lowest BCUT2D eigenvalue weighted by atomic mass is 9.52. The summed E-state index contributed by atoms with van der Waals surface area (Å²) in [6.45, 7) is 40.0. The zero-order valence-electron chi connectivity index (χ0n) is 22.7. The molecule has 0 amide bonds. The minimum Gasteiger partial charge on any atom is -0.0625 e. The second-order valence-corrected chi connectivity index (χ2v) is 14.2. The average molecular weight is 393 g/mol. The maximum absolute atomic E-state index is 2.61. The van der Waals surface area contributed by atoms with Crippen molar-refractivity contribution >= 4 is 0 Å². The van der Waals surface area contributed by atoms with Gasteiger partial charge in [-0.3, -0.25) is 0 Å². The average Bonchev–Trinajstić information content (AvgIpc) is 3.24. The van der Waals surface area contributed by atoms with Crippen LogP contribution in [0.25, 0.3) is 0 Å². The lowest BCUT2D eigenvalue weighted by Gasteiger charge is -2.53. The van der Waals surface area contributed by atoms with Crippen molar-refractivity contribution in [2.75, 3.05) is 0 Å². The van der Waals surface area contributed by atoms with E-state index >= 15 is 0 Å². The van der Waals surface area contributed by atoms with Crippen LogP contribution < -0.4 is 0 Å². The van der Waals surface area contributed by atoms with Crippen LogP contribution in [-0.4, -0.2) is 0 Å². The summed E-state index contributed by atoms with van der Waals surface area (Å²) in [6.07, 6.45) is 1.40. The molecule has 0 aromatic carbocycles. The van der Waals surface area contributed by atoms with Crippen molar-refractivity contribution in [2.45, 2.75) is 117 Å². The summed E-state index contributed by atoms with van der Waals surface area (Å²) < 4.78 is 0. The van der Waals surface area contributed by atoms with E-state index in [1.807, 2.05) is 0 Å². The van der Waals surface area contributed by atoms with Gasteiger partial charge in [-0.05, 0) is 69.0 Å². The molecule has 168 valence electrons. The summed E-state index contributed by atoms with van der Waals surface area (Å²) in [5.74, 6) is 4.49. The summed E-state index contributed by atoms with van der Waals surface area (Å²) >= 11 is 0. The molecule has 6 unspecified atom stereocenters. The lowest BCUT2D eigenvalue weighted by molar-refractivity contribution is -0.0461. The normalized spacial score (nSPS) is 28.8. The van der Waals surface area contributed by atoms with Crippen molar-refractivity contribution in [3.05, 3.63) is 0 Å². The highest BCUT2D eigenvalue weighted by atomic mass is 14.7. The van der Waals surface area contributed by atoms with Gasteiger partial charge in [0.25, 0.3) is 0 Å². The Labute approximate surface area is 180 Å². The van der Waals surface area contributed by atoms with Crippen molar-refractivity contribution in [1.82, 2.24) is 0 Å². The molecule has 1 rings (SSSR count). The summed E-state index contributed by atoms with van der Waals surface area (Å²) in [4.78, 5) is 0. The Kier molecular flexibility index (Phi) is 7.07. The molecule has 0 aromatic rings. The topological polar surface area (TPSA) is 0 Å². The van der Waals surface area contributed by atoms with Crippen LogP contribution in [0, 0.1) is 62.6 Å². The van der Waals surface area contributed by atoms with Crippen LogP contribution in [-0.2, 0) is 0 Å². The molecule has 1 fully saturated rings. The molecule has 0 bridgehead atoms. The van der Waals surface area contributed by atoms with Gasteiger partial charge in [-0.1, -0.05) is 111 Å². The molecule has 0 aliphatic heterocycles. The van der Waals surface area contributed by atoms with Crippen LogP contribution in [0.1, 0.15) is 117 Å². The van der Waals surface area contributed by atoms with Crippen LogP contribution in [0.5, 0.6) is 0 Å². The summed E-state index contributed by atoms with van der Waals surface area (Å²) in [5, 5.41) is 0. The Morgan fingerprint density at radius 2 is 1.11 bits per heavy atom. The van der Waals surface area contributed by atoms with Gasteiger partial charge in [0, 0.05) is 0 Å². The van der Waals surface area contributed by atoms with Crippen molar-refractivity contribution in [1.29, 1.82) is 0 Å². The number of rotatable bonds is 8. The van der Waals surface area contributed by atoms with Crippen LogP contribution in [0.2, 0.25) is 0 Å². The van der Waals surface area contributed by atoms with E-state index in [4.69, 9.17) is 0 Å². The van der Waals surface area contributed by atoms with Gasteiger partial charge in [0.15, 0.2) is 0 Å².